The zero-order valence-electron chi connectivity index (χ0n) is 6.62. The van der Waals surface area contributed by atoms with Gasteiger partial charge in [0.15, 0.2) is 0 Å². The van der Waals surface area contributed by atoms with E-state index in [0.717, 1.165) is 12.1 Å². The van der Waals surface area contributed by atoms with Gasteiger partial charge < -0.3 is 0 Å². The van der Waals surface area contributed by atoms with E-state index in [1.165, 1.54) is 0 Å². The van der Waals surface area contributed by atoms with Crippen molar-refractivity contribution in [2.75, 3.05) is 0 Å². The Morgan fingerprint density at radius 1 is 1.14 bits per heavy atom. The van der Waals surface area contributed by atoms with Crippen LogP contribution in [0.2, 0.25) is 10.0 Å². The number of halogens is 5. The summed E-state index contributed by atoms with van der Waals surface area (Å²) >= 11 is 11.0. The molecule has 74 valence electrons. The molecular formula is C9H3Cl2F3. The lowest BCUT2D eigenvalue weighted by Gasteiger charge is -2.08. The summed E-state index contributed by atoms with van der Waals surface area (Å²) in [6, 6.07) is 1.51. The molecule has 0 atom stereocenters. The molecule has 0 saturated heterocycles. The molecule has 14 heavy (non-hydrogen) atoms. The lowest BCUT2D eigenvalue weighted by molar-refractivity contribution is -0.137. The Balaban J connectivity index is 3.37. The van der Waals surface area contributed by atoms with Gasteiger partial charge in [0.2, 0.25) is 0 Å². The fourth-order valence-corrected chi connectivity index (χ4v) is 1.47. The van der Waals surface area contributed by atoms with Crippen LogP contribution in [0, 0.1) is 12.3 Å². The van der Waals surface area contributed by atoms with Gasteiger partial charge in [-0.15, -0.1) is 6.42 Å². The molecule has 0 aliphatic heterocycles. The second-order valence-electron chi connectivity index (χ2n) is 2.46. The number of alkyl halides is 3. The van der Waals surface area contributed by atoms with Crippen LogP contribution in [0.15, 0.2) is 12.1 Å². The lowest BCUT2D eigenvalue weighted by atomic mass is 10.1. The average Bonchev–Trinajstić information content (AvgIpc) is 2.01. The summed E-state index contributed by atoms with van der Waals surface area (Å²) in [5.41, 5.74) is -0.840. The van der Waals surface area contributed by atoms with E-state index in [4.69, 9.17) is 29.6 Å². The molecule has 0 radical (unpaired) electrons. The van der Waals surface area contributed by atoms with E-state index in [2.05, 4.69) is 5.92 Å². The quantitative estimate of drug-likeness (QED) is 0.600. The molecule has 1 aromatic rings. The standard InChI is InChI=1S/C9H3Cl2F3/c1-2-6-7(10)3-5(4-8(6)11)9(12,13)14/h1,3-4H. The molecular weight excluding hydrogens is 236 g/mol. The number of rotatable bonds is 0. The zero-order valence-corrected chi connectivity index (χ0v) is 8.13. The predicted molar refractivity (Wildman–Crippen MR) is 49.4 cm³/mol. The van der Waals surface area contributed by atoms with Crippen molar-refractivity contribution < 1.29 is 13.2 Å². The lowest BCUT2D eigenvalue weighted by Crippen LogP contribution is -2.05. The summed E-state index contributed by atoms with van der Waals surface area (Å²) in [5.74, 6) is 2.11. The molecule has 0 fully saturated rings. The molecule has 1 aromatic carbocycles. The first-order chi connectivity index (χ1) is 6.36. The van der Waals surface area contributed by atoms with E-state index in [1.807, 2.05) is 0 Å². The van der Waals surface area contributed by atoms with E-state index in [-0.39, 0.29) is 15.6 Å². The van der Waals surface area contributed by atoms with Gasteiger partial charge in [0.05, 0.1) is 21.2 Å². The maximum absolute atomic E-state index is 12.2. The van der Waals surface area contributed by atoms with Gasteiger partial charge >= 0.3 is 6.18 Å². The van der Waals surface area contributed by atoms with Crippen LogP contribution in [0.3, 0.4) is 0 Å². The highest BCUT2D eigenvalue weighted by atomic mass is 35.5. The summed E-state index contributed by atoms with van der Waals surface area (Å²) in [7, 11) is 0. The highest BCUT2D eigenvalue weighted by Gasteiger charge is 2.31. The van der Waals surface area contributed by atoms with Crippen LogP contribution in [-0.4, -0.2) is 0 Å². The van der Waals surface area contributed by atoms with Crippen molar-refractivity contribution in [3.05, 3.63) is 33.3 Å². The maximum atomic E-state index is 12.2. The largest absolute Gasteiger partial charge is 0.416 e. The normalized spacial score (nSPS) is 11.1. The Bertz CT molecular complexity index is 378. The molecule has 1 rings (SSSR count). The summed E-state index contributed by atoms with van der Waals surface area (Å²) in [6.07, 6.45) is 0.539. The number of hydrogen-bond acceptors (Lipinski definition) is 0. The van der Waals surface area contributed by atoms with E-state index >= 15 is 0 Å². The fourth-order valence-electron chi connectivity index (χ4n) is 0.875. The Hall–Kier alpha value is -0.850. The minimum atomic E-state index is -4.47. The van der Waals surface area contributed by atoms with Gasteiger partial charge in [-0.25, -0.2) is 0 Å². The summed E-state index contributed by atoms with van der Waals surface area (Å²) in [6.45, 7) is 0. The first-order valence-corrected chi connectivity index (χ1v) is 4.14. The fraction of sp³-hybridized carbons (Fsp3) is 0.111. The third kappa shape index (κ3) is 2.14. The molecule has 5 heteroatoms. The minimum Gasteiger partial charge on any atom is -0.166 e. The zero-order chi connectivity index (χ0) is 10.9. The van der Waals surface area contributed by atoms with Crippen molar-refractivity contribution in [1.82, 2.24) is 0 Å². The monoisotopic (exact) mass is 238 g/mol. The molecule has 0 aromatic heterocycles. The number of benzene rings is 1. The number of hydrogen-bond donors (Lipinski definition) is 0. The van der Waals surface area contributed by atoms with Crippen LogP contribution in [0.25, 0.3) is 0 Å². The van der Waals surface area contributed by atoms with Gasteiger partial charge in [-0.2, -0.15) is 13.2 Å². The van der Waals surface area contributed by atoms with Crippen molar-refractivity contribution in [2.24, 2.45) is 0 Å². The van der Waals surface area contributed by atoms with Crippen molar-refractivity contribution in [3.8, 4) is 12.3 Å². The molecule has 0 nitrogen and oxygen atoms in total. The van der Waals surface area contributed by atoms with Crippen LogP contribution in [-0.2, 0) is 6.18 Å². The van der Waals surface area contributed by atoms with E-state index in [1.54, 1.807) is 0 Å². The van der Waals surface area contributed by atoms with Gasteiger partial charge in [-0.05, 0) is 12.1 Å². The minimum absolute atomic E-state index is 0.0707. The number of terminal acetylenes is 1. The Morgan fingerprint density at radius 2 is 1.57 bits per heavy atom. The second-order valence-corrected chi connectivity index (χ2v) is 3.27. The highest BCUT2D eigenvalue weighted by molar-refractivity contribution is 6.36. The van der Waals surface area contributed by atoms with E-state index in [9.17, 15) is 13.2 Å². The SMILES string of the molecule is C#Cc1c(Cl)cc(C(F)(F)F)cc1Cl. The highest BCUT2D eigenvalue weighted by Crippen LogP contribution is 2.35. The smallest absolute Gasteiger partial charge is 0.166 e. The molecule has 0 saturated carbocycles. The Kier molecular flexibility index (Phi) is 2.98. The van der Waals surface area contributed by atoms with Crippen molar-refractivity contribution >= 4 is 23.2 Å². The molecule has 0 N–H and O–H groups in total. The first kappa shape index (κ1) is 11.2. The van der Waals surface area contributed by atoms with E-state index < -0.39 is 11.7 Å². The topological polar surface area (TPSA) is 0 Å². The predicted octanol–water partition coefficient (Wildman–Crippen LogP) is 3.99. The molecule has 0 amide bonds. The van der Waals surface area contributed by atoms with Gasteiger partial charge in [0, 0.05) is 0 Å². The average molecular weight is 239 g/mol. The maximum Gasteiger partial charge on any atom is 0.416 e. The Labute approximate surface area is 88.6 Å². The second kappa shape index (κ2) is 3.72. The molecule has 0 aliphatic rings. The summed E-state index contributed by atoms with van der Waals surface area (Å²) in [4.78, 5) is 0. The van der Waals surface area contributed by atoms with Crippen molar-refractivity contribution in [1.29, 1.82) is 0 Å². The van der Waals surface area contributed by atoms with Crippen LogP contribution in [0.4, 0.5) is 13.2 Å². The first-order valence-electron chi connectivity index (χ1n) is 3.39. The van der Waals surface area contributed by atoms with Gasteiger partial charge in [-0.1, -0.05) is 29.1 Å². The van der Waals surface area contributed by atoms with Gasteiger partial charge in [-0.3, -0.25) is 0 Å². The molecule has 0 unspecified atom stereocenters. The molecule has 0 heterocycles. The summed E-state index contributed by atoms with van der Waals surface area (Å²) < 4.78 is 36.6. The van der Waals surface area contributed by atoms with Crippen molar-refractivity contribution in [3.63, 3.8) is 0 Å². The van der Waals surface area contributed by atoms with Crippen LogP contribution >= 0.6 is 23.2 Å². The summed E-state index contributed by atoms with van der Waals surface area (Å²) in [5, 5.41) is -0.348. The van der Waals surface area contributed by atoms with Crippen LogP contribution in [0.5, 0.6) is 0 Å². The molecule has 0 bridgehead atoms. The molecule has 0 spiro atoms. The van der Waals surface area contributed by atoms with Gasteiger partial charge in [0.25, 0.3) is 0 Å². The van der Waals surface area contributed by atoms with Crippen molar-refractivity contribution in [2.45, 2.75) is 6.18 Å². The third-order valence-electron chi connectivity index (χ3n) is 1.51. The third-order valence-corrected chi connectivity index (χ3v) is 2.11. The van der Waals surface area contributed by atoms with Crippen LogP contribution in [0.1, 0.15) is 11.1 Å². The van der Waals surface area contributed by atoms with Gasteiger partial charge in [0.1, 0.15) is 0 Å². The Morgan fingerprint density at radius 3 is 1.86 bits per heavy atom. The van der Waals surface area contributed by atoms with Crippen LogP contribution < -0.4 is 0 Å². The molecule has 0 aliphatic carbocycles. The van der Waals surface area contributed by atoms with E-state index in [0.29, 0.717) is 0 Å².